The van der Waals surface area contributed by atoms with Crippen molar-refractivity contribution in [2.75, 3.05) is 6.61 Å². The topological polar surface area (TPSA) is 124 Å². The highest BCUT2D eigenvalue weighted by Gasteiger charge is 2.69. The van der Waals surface area contributed by atoms with Crippen LogP contribution in [-0.2, 0) is 35.0 Å². The molecule has 3 aliphatic rings. The lowest BCUT2D eigenvalue weighted by molar-refractivity contribution is -0.228. The minimum atomic E-state index is -1.73. The lowest BCUT2D eigenvalue weighted by atomic mass is 9.85. The summed E-state index contributed by atoms with van der Waals surface area (Å²) in [6.07, 6.45) is -3.41. The first kappa shape index (κ1) is 21.0. The van der Waals surface area contributed by atoms with Crippen molar-refractivity contribution in [1.82, 2.24) is 5.32 Å². The number of rotatable bonds is 5. The summed E-state index contributed by atoms with van der Waals surface area (Å²) in [5, 5.41) is 6.82. The number of fused-ring (bicyclic) bond motifs is 1. The number of azide groups is 1. The van der Waals surface area contributed by atoms with Crippen molar-refractivity contribution < 1.29 is 28.5 Å². The molecule has 0 saturated carbocycles. The van der Waals surface area contributed by atoms with Gasteiger partial charge >= 0.3 is 0 Å². The quantitative estimate of drug-likeness (QED) is 0.445. The molecule has 3 fully saturated rings. The van der Waals surface area contributed by atoms with E-state index in [1.54, 1.807) is 27.7 Å². The van der Waals surface area contributed by atoms with Crippen LogP contribution in [0.15, 0.2) is 35.4 Å². The summed E-state index contributed by atoms with van der Waals surface area (Å²) < 4.78 is 29.5. The van der Waals surface area contributed by atoms with Crippen LogP contribution in [0.3, 0.4) is 0 Å². The zero-order valence-corrected chi connectivity index (χ0v) is 17.4. The van der Waals surface area contributed by atoms with Gasteiger partial charge in [0.1, 0.15) is 18.3 Å². The van der Waals surface area contributed by atoms with Gasteiger partial charge in [-0.1, -0.05) is 35.4 Å². The number of ether oxygens (including phenoxy) is 5. The highest BCUT2D eigenvalue weighted by molar-refractivity contribution is 5.89. The summed E-state index contributed by atoms with van der Waals surface area (Å²) in [5.41, 5.74) is 8.57. The first-order valence-corrected chi connectivity index (χ1v) is 9.88. The van der Waals surface area contributed by atoms with Crippen LogP contribution >= 0.6 is 0 Å². The highest BCUT2D eigenvalue weighted by Crippen LogP contribution is 2.48. The number of amides is 1. The van der Waals surface area contributed by atoms with Crippen LogP contribution in [0, 0.1) is 0 Å². The second kappa shape index (κ2) is 7.49. The molecule has 10 nitrogen and oxygen atoms in total. The molecule has 10 heteroatoms. The van der Waals surface area contributed by atoms with Gasteiger partial charge in [0.2, 0.25) is 5.91 Å². The molecule has 5 atom stereocenters. The van der Waals surface area contributed by atoms with E-state index in [0.29, 0.717) is 0 Å². The largest absolute Gasteiger partial charge is 0.351 e. The van der Waals surface area contributed by atoms with E-state index >= 15 is 0 Å². The van der Waals surface area contributed by atoms with Crippen LogP contribution in [0.1, 0.15) is 33.3 Å². The minimum Gasteiger partial charge on any atom is -0.351 e. The average molecular weight is 418 g/mol. The Labute approximate surface area is 174 Å². The van der Waals surface area contributed by atoms with Gasteiger partial charge in [-0.15, -0.1) is 0 Å². The van der Waals surface area contributed by atoms with E-state index in [9.17, 15) is 10.3 Å². The number of benzene rings is 1. The van der Waals surface area contributed by atoms with E-state index in [2.05, 4.69) is 15.3 Å². The molecule has 0 unspecified atom stereocenters. The molecule has 1 aromatic carbocycles. The molecular weight excluding hydrogens is 392 g/mol. The number of nitrogens with one attached hydrogen (secondary N) is 1. The molecule has 1 amide bonds. The first-order valence-electron chi connectivity index (χ1n) is 9.88. The van der Waals surface area contributed by atoms with E-state index in [1.807, 2.05) is 30.3 Å². The Morgan fingerprint density at radius 2 is 1.87 bits per heavy atom. The maximum Gasteiger partial charge on any atom is 0.238 e. The molecule has 0 radical (unpaired) electrons. The molecule has 0 bridgehead atoms. The maximum atomic E-state index is 13.5. The zero-order valence-electron chi connectivity index (χ0n) is 17.4. The summed E-state index contributed by atoms with van der Waals surface area (Å²) >= 11 is 0. The Balaban J connectivity index is 1.67. The van der Waals surface area contributed by atoms with E-state index in [0.717, 1.165) is 5.56 Å². The average Bonchev–Trinajstić information content (AvgIpc) is 3.29. The van der Waals surface area contributed by atoms with Gasteiger partial charge in [0.25, 0.3) is 0 Å². The fraction of sp³-hybridized carbons (Fsp3) is 0.650. The minimum absolute atomic E-state index is 0.176. The van der Waals surface area contributed by atoms with Crippen LogP contribution in [0.4, 0.5) is 0 Å². The fourth-order valence-electron chi connectivity index (χ4n) is 4.18. The van der Waals surface area contributed by atoms with Crippen LogP contribution in [0.2, 0.25) is 0 Å². The summed E-state index contributed by atoms with van der Waals surface area (Å²) in [6, 6.07) is 9.43. The molecule has 0 aliphatic carbocycles. The van der Waals surface area contributed by atoms with Crippen molar-refractivity contribution in [3.63, 3.8) is 0 Å². The lowest BCUT2D eigenvalue weighted by Gasteiger charge is -2.35. The molecule has 1 N–H and O–H groups in total. The van der Waals surface area contributed by atoms with Crippen molar-refractivity contribution >= 4 is 5.91 Å². The predicted molar refractivity (Wildman–Crippen MR) is 104 cm³/mol. The molecule has 30 heavy (non-hydrogen) atoms. The van der Waals surface area contributed by atoms with Crippen LogP contribution < -0.4 is 5.32 Å². The van der Waals surface area contributed by atoms with E-state index in [-0.39, 0.29) is 13.2 Å². The monoisotopic (exact) mass is 418 g/mol. The maximum absolute atomic E-state index is 13.5. The van der Waals surface area contributed by atoms with Gasteiger partial charge in [0.05, 0.1) is 6.61 Å². The fourth-order valence-corrected chi connectivity index (χ4v) is 4.18. The lowest BCUT2D eigenvalue weighted by Crippen LogP contribution is -2.61. The third-order valence-corrected chi connectivity index (χ3v) is 5.44. The zero-order chi connectivity index (χ0) is 21.6. The highest BCUT2D eigenvalue weighted by atomic mass is 16.8. The second-order valence-corrected chi connectivity index (χ2v) is 8.53. The van der Waals surface area contributed by atoms with Crippen molar-refractivity contribution in [2.45, 2.75) is 76.0 Å². The Morgan fingerprint density at radius 1 is 1.13 bits per heavy atom. The first-order chi connectivity index (χ1) is 14.2. The number of carbonyl (C=O) groups excluding carboxylic acids is 1. The van der Waals surface area contributed by atoms with E-state index in [1.165, 1.54) is 0 Å². The van der Waals surface area contributed by atoms with E-state index < -0.39 is 47.6 Å². The van der Waals surface area contributed by atoms with Gasteiger partial charge in [0.15, 0.2) is 23.4 Å². The summed E-state index contributed by atoms with van der Waals surface area (Å²) in [7, 11) is 0. The smallest absolute Gasteiger partial charge is 0.238 e. The number of nitrogens with zero attached hydrogens (tertiary/aromatic N) is 3. The van der Waals surface area contributed by atoms with Crippen molar-refractivity contribution in [1.29, 1.82) is 0 Å². The van der Waals surface area contributed by atoms with Crippen molar-refractivity contribution in [3.05, 3.63) is 46.3 Å². The summed E-state index contributed by atoms with van der Waals surface area (Å²) in [4.78, 5) is 16.5. The summed E-state index contributed by atoms with van der Waals surface area (Å²) in [6.45, 7) is 7.39. The number of hydrogen-bond donors (Lipinski definition) is 1. The Morgan fingerprint density at radius 3 is 2.50 bits per heavy atom. The molecule has 162 valence electrons. The molecule has 3 saturated heterocycles. The van der Waals surface area contributed by atoms with Crippen molar-refractivity contribution in [3.8, 4) is 0 Å². The third-order valence-electron chi connectivity index (χ3n) is 5.44. The summed E-state index contributed by atoms with van der Waals surface area (Å²) in [5.74, 6) is -2.37. The molecule has 1 aromatic rings. The van der Waals surface area contributed by atoms with Gasteiger partial charge < -0.3 is 29.0 Å². The predicted octanol–water partition coefficient (Wildman–Crippen LogP) is 2.38. The SMILES string of the molecule is CC1(C)OC[C@H]([C@H]2O[C@@H]3OC(C)(C)O[C@@H]3[C@]2(N=[N+]=[N-])C(=O)NCc2ccccc2)O1. The third kappa shape index (κ3) is 3.66. The molecule has 3 aliphatic heterocycles. The second-order valence-electron chi connectivity index (χ2n) is 8.53. The van der Waals surface area contributed by atoms with Crippen molar-refractivity contribution in [2.24, 2.45) is 5.11 Å². The molecule has 4 rings (SSSR count). The Bertz CT molecular complexity index is 856. The van der Waals surface area contributed by atoms with Gasteiger partial charge in [-0.05, 0) is 38.8 Å². The number of hydrogen-bond acceptors (Lipinski definition) is 7. The van der Waals surface area contributed by atoms with Gasteiger partial charge in [-0.3, -0.25) is 4.79 Å². The normalized spacial score (nSPS) is 36.1. The van der Waals surface area contributed by atoms with Crippen LogP contribution in [0.5, 0.6) is 0 Å². The van der Waals surface area contributed by atoms with Gasteiger partial charge in [-0.2, -0.15) is 0 Å². The Kier molecular flexibility index (Phi) is 5.26. The molecular formula is C20H26N4O6. The standard InChI is InChI=1S/C20H26N4O6/c1-18(2)26-11-13(28-18)14-20(23-24-21,15-16(27-14)30-19(3,4)29-15)17(25)22-10-12-8-6-5-7-9-12/h5-9,13-16H,10-11H2,1-4H3,(H,22,25)/t13-,14-,15+,16-,20+/m1/s1. The van der Waals surface area contributed by atoms with Crippen LogP contribution in [0.25, 0.3) is 10.4 Å². The van der Waals surface area contributed by atoms with Gasteiger partial charge in [-0.25, -0.2) is 0 Å². The van der Waals surface area contributed by atoms with E-state index in [4.69, 9.17) is 23.7 Å². The Hall–Kier alpha value is -2.20. The molecule has 3 heterocycles. The van der Waals surface area contributed by atoms with Crippen LogP contribution in [-0.4, -0.2) is 54.2 Å². The van der Waals surface area contributed by atoms with Gasteiger partial charge in [0, 0.05) is 11.5 Å². The molecule has 0 aromatic heterocycles. The molecule has 0 spiro atoms. The number of carbonyl (C=O) groups is 1.